The molecule has 2 heterocycles. The van der Waals surface area contributed by atoms with Gasteiger partial charge >= 0.3 is 0 Å². The zero-order valence-corrected chi connectivity index (χ0v) is 11.8. The van der Waals surface area contributed by atoms with E-state index in [1.54, 1.807) is 17.0 Å². The van der Waals surface area contributed by atoms with Gasteiger partial charge in [0, 0.05) is 30.1 Å². The van der Waals surface area contributed by atoms with E-state index >= 15 is 0 Å². The Kier molecular flexibility index (Phi) is 3.44. The Morgan fingerprint density at radius 3 is 2.80 bits per heavy atom. The minimum atomic E-state index is -0.0361. The summed E-state index contributed by atoms with van der Waals surface area (Å²) in [6.07, 6.45) is 1.12. The number of hydrogen-bond donors (Lipinski definition) is 0. The van der Waals surface area contributed by atoms with Gasteiger partial charge in [-0.1, -0.05) is 23.7 Å². The molecule has 0 unspecified atom stereocenters. The molecule has 0 aliphatic carbocycles. The molecule has 0 N–H and O–H groups in total. The molecule has 1 aliphatic rings. The Morgan fingerprint density at radius 1 is 1.40 bits per heavy atom. The van der Waals surface area contributed by atoms with Crippen molar-refractivity contribution in [2.24, 2.45) is 0 Å². The first-order chi connectivity index (χ1) is 9.67. The Balaban J connectivity index is 1.79. The van der Waals surface area contributed by atoms with Crippen LogP contribution in [0.5, 0.6) is 0 Å². The molecular formula is C14H14ClN3O2. The Bertz CT molecular complexity index is 624. The Morgan fingerprint density at radius 2 is 2.15 bits per heavy atom. The van der Waals surface area contributed by atoms with Crippen LogP contribution in [0.3, 0.4) is 0 Å². The number of carbonyl (C=O) groups excluding carboxylic acids is 1. The van der Waals surface area contributed by atoms with Crippen molar-refractivity contribution >= 4 is 23.2 Å². The van der Waals surface area contributed by atoms with Crippen LogP contribution in [0.15, 0.2) is 28.8 Å². The molecule has 3 rings (SSSR count). The lowest BCUT2D eigenvalue weighted by Gasteiger charge is -2.15. The number of nitrogens with zero attached hydrogens (tertiary/aromatic N) is 3. The van der Waals surface area contributed by atoms with Gasteiger partial charge in [-0.2, -0.15) is 4.98 Å². The van der Waals surface area contributed by atoms with Crippen LogP contribution in [0, 0.1) is 0 Å². The van der Waals surface area contributed by atoms with Crippen molar-refractivity contribution in [2.45, 2.75) is 25.7 Å². The molecule has 0 bridgehead atoms. The number of carbonyl (C=O) groups is 1. The molecule has 1 atom stereocenters. The zero-order valence-electron chi connectivity index (χ0n) is 11.0. The highest BCUT2D eigenvalue weighted by atomic mass is 35.5. The summed E-state index contributed by atoms with van der Waals surface area (Å²) >= 11 is 5.86. The van der Waals surface area contributed by atoms with Gasteiger partial charge in [0.25, 0.3) is 0 Å². The second-order valence-corrected chi connectivity index (χ2v) is 5.22. The molecule has 6 heteroatoms. The van der Waals surface area contributed by atoms with E-state index in [2.05, 4.69) is 10.1 Å². The molecule has 0 saturated carbocycles. The van der Waals surface area contributed by atoms with Crippen LogP contribution in [0.25, 0.3) is 0 Å². The van der Waals surface area contributed by atoms with Gasteiger partial charge in [0.05, 0.1) is 5.92 Å². The van der Waals surface area contributed by atoms with Crippen molar-refractivity contribution in [2.75, 3.05) is 11.4 Å². The SMILES string of the molecule is CCc1noc([C@@H]2CC(=O)N(c3ccc(Cl)cc3)C2)n1. The maximum atomic E-state index is 12.1. The van der Waals surface area contributed by atoms with Crippen molar-refractivity contribution in [3.63, 3.8) is 0 Å². The topological polar surface area (TPSA) is 59.2 Å². The summed E-state index contributed by atoms with van der Waals surface area (Å²) in [6, 6.07) is 7.24. The average Bonchev–Trinajstić information content (AvgIpc) is 3.06. The molecule has 1 aromatic heterocycles. The van der Waals surface area contributed by atoms with E-state index < -0.39 is 0 Å². The molecule has 20 heavy (non-hydrogen) atoms. The molecule has 1 fully saturated rings. The summed E-state index contributed by atoms with van der Waals surface area (Å²) in [6.45, 7) is 2.53. The lowest BCUT2D eigenvalue weighted by atomic mass is 10.1. The van der Waals surface area contributed by atoms with E-state index in [9.17, 15) is 4.79 Å². The number of rotatable bonds is 3. The van der Waals surface area contributed by atoms with Crippen LogP contribution in [-0.4, -0.2) is 22.6 Å². The van der Waals surface area contributed by atoms with Gasteiger partial charge in [-0.15, -0.1) is 0 Å². The summed E-state index contributed by atoms with van der Waals surface area (Å²) in [7, 11) is 0. The van der Waals surface area contributed by atoms with E-state index in [-0.39, 0.29) is 11.8 Å². The smallest absolute Gasteiger partial charge is 0.232 e. The molecule has 1 amide bonds. The summed E-state index contributed by atoms with van der Waals surface area (Å²) in [5, 5.41) is 4.53. The second kappa shape index (κ2) is 5.25. The largest absolute Gasteiger partial charge is 0.339 e. The van der Waals surface area contributed by atoms with Gasteiger partial charge in [-0.05, 0) is 24.3 Å². The van der Waals surface area contributed by atoms with Gasteiger partial charge in [-0.25, -0.2) is 0 Å². The van der Waals surface area contributed by atoms with Gasteiger partial charge in [-0.3, -0.25) is 4.79 Å². The lowest BCUT2D eigenvalue weighted by molar-refractivity contribution is -0.117. The number of halogens is 1. The standard InChI is InChI=1S/C14H14ClN3O2/c1-2-12-16-14(20-17-12)9-7-13(19)18(8-9)11-5-3-10(15)4-6-11/h3-6,9H,2,7-8H2,1H3/t9-/m1/s1. The summed E-state index contributed by atoms with van der Waals surface area (Å²) < 4.78 is 5.23. The Labute approximate surface area is 121 Å². The van der Waals surface area contributed by atoms with E-state index in [1.807, 2.05) is 19.1 Å². The molecule has 0 radical (unpaired) electrons. The molecule has 104 valence electrons. The van der Waals surface area contributed by atoms with E-state index in [0.717, 1.165) is 12.1 Å². The van der Waals surface area contributed by atoms with Crippen molar-refractivity contribution < 1.29 is 9.32 Å². The van der Waals surface area contributed by atoms with Gasteiger partial charge in [0.1, 0.15) is 0 Å². The molecule has 1 saturated heterocycles. The fourth-order valence-corrected chi connectivity index (χ4v) is 2.45. The minimum Gasteiger partial charge on any atom is -0.339 e. The summed E-state index contributed by atoms with van der Waals surface area (Å²) in [4.78, 5) is 18.2. The fourth-order valence-electron chi connectivity index (χ4n) is 2.32. The van der Waals surface area contributed by atoms with Crippen LogP contribution in [0.2, 0.25) is 5.02 Å². The minimum absolute atomic E-state index is 0.0361. The Hall–Kier alpha value is -1.88. The van der Waals surface area contributed by atoms with Gasteiger partial charge in [0.2, 0.25) is 11.8 Å². The third-order valence-electron chi connectivity index (χ3n) is 3.41. The highest BCUT2D eigenvalue weighted by molar-refractivity contribution is 6.30. The van der Waals surface area contributed by atoms with E-state index in [4.69, 9.17) is 16.1 Å². The monoisotopic (exact) mass is 291 g/mol. The highest BCUT2D eigenvalue weighted by Gasteiger charge is 2.34. The first-order valence-corrected chi connectivity index (χ1v) is 6.93. The van der Waals surface area contributed by atoms with Crippen LogP contribution in [-0.2, 0) is 11.2 Å². The second-order valence-electron chi connectivity index (χ2n) is 4.78. The number of aryl methyl sites for hydroxylation is 1. The van der Waals surface area contributed by atoms with Crippen molar-refractivity contribution in [1.82, 2.24) is 10.1 Å². The lowest BCUT2D eigenvalue weighted by Crippen LogP contribution is -2.24. The number of aromatic nitrogens is 2. The predicted octanol–water partition coefficient (Wildman–Crippen LogP) is 2.81. The van der Waals surface area contributed by atoms with Gasteiger partial charge < -0.3 is 9.42 Å². The normalized spacial score (nSPS) is 18.8. The highest BCUT2D eigenvalue weighted by Crippen LogP contribution is 2.31. The average molecular weight is 292 g/mol. The maximum absolute atomic E-state index is 12.1. The number of amides is 1. The molecule has 1 aliphatic heterocycles. The van der Waals surface area contributed by atoms with Crippen LogP contribution >= 0.6 is 11.6 Å². The van der Waals surface area contributed by atoms with Gasteiger partial charge in [0.15, 0.2) is 5.82 Å². The quantitative estimate of drug-likeness (QED) is 0.872. The number of hydrogen-bond acceptors (Lipinski definition) is 4. The van der Waals surface area contributed by atoms with Crippen LogP contribution in [0.1, 0.15) is 31.0 Å². The van der Waals surface area contributed by atoms with Crippen LogP contribution in [0.4, 0.5) is 5.69 Å². The first-order valence-electron chi connectivity index (χ1n) is 6.55. The summed E-state index contributed by atoms with van der Waals surface area (Å²) in [5.74, 6) is 1.25. The van der Waals surface area contributed by atoms with E-state index in [0.29, 0.717) is 29.7 Å². The molecule has 1 aromatic carbocycles. The predicted molar refractivity (Wildman–Crippen MR) is 74.8 cm³/mol. The third kappa shape index (κ3) is 2.41. The summed E-state index contributed by atoms with van der Waals surface area (Å²) in [5.41, 5.74) is 0.845. The van der Waals surface area contributed by atoms with Crippen molar-refractivity contribution in [3.05, 3.63) is 41.0 Å². The first kappa shape index (κ1) is 13.1. The third-order valence-corrected chi connectivity index (χ3v) is 3.66. The van der Waals surface area contributed by atoms with Crippen LogP contribution < -0.4 is 4.90 Å². The number of benzene rings is 1. The molecular weight excluding hydrogens is 278 g/mol. The fraction of sp³-hybridized carbons (Fsp3) is 0.357. The maximum Gasteiger partial charge on any atom is 0.232 e. The molecule has 2 aromatic rings. The van der Waals surface area contributed by atoms with Crippen molar-refractivity contribution in [1.29, 1.82) is 0 Å². The number of anilines is 1. The zero-order chi connectivity index (χ0) is 14.1. The molecule has 5 nitrogen and oxygen atoms in total. The van der Waals surface area contributed by atoms with Crippen molar-refractivity contribution in [3.8, 4) is 0 Å². The molecule has 0 spiro atoms. The van der Waals surface area contributed by atoms with E-state index in [1.165, 1.54) is 0 Å².